The smallest absolute Gasteiger partial charge is 0.410 e. The Hall–Kier alpha value is -0.260. The fourth-order valence-corrected chi connectivity index (χ4v) is 1.75. The molecule has 1 rings (SSSR count). The molecule has 0 aromatic heterocycles. The quantitative estimate of drug-likeness (QED) is 0.430. The van der Waals surface area contributed by atoms with E-state index in [0.29, 0.717) is 10.5 Å². The van der Waals surface area contributed by atoms with Crippen LogP contribution in [-0.2, 0) is 4.74 Å². The molecule has 0 aromatic rings. The molecule has 1 aliphatic rings. The van der Waals surface area contributed by atoms with Gasteiger partial charge in [-0.25, -0.2) is 4.79 Å². The predicted octanol–water partition coefficient (Wildman–Crippen LogP) is 1.43. The summed E-state index contributed by atoms with van der Waals surface area (Å²) in [6.07, 6.45) is 1.34. The minimum absolute atomic E-state index is 0.224. The van der Waals surface area contributed by atoms with E-state index >= 15 is 0 Å². The van der Waals surface area contributed by atoms with Crippen LogP contribution in [0.4, 0.5) is 4.79 Å². The molecule has 0 spiro atoms. The Morgan fingerprint density at radius 1 is 1.82 bits per heavy atom. The van der Waals surface area contributed by atoms with Crippen molar-refractivity contribution in [2.75, 3.05) is 19.7 Å². The van der Waals surface area contributed by atoms with E-state index in [-0.39, 0.29) is 6.09 Å². The molecule has 0 radical (unpaired) electrons. The minimum Gasteiger partial charge on any atom is -0.445 e. The molecule has 1 saturated heterocycles. The highest BCUT2D eigenvalue weighted by molar-refractivity contribution is 14.1. The standard InChI is InChI=1S/C7H10INO2/c1-2-3-11-7(10)9-4-6(8)5-9/h2,6H,1,3-5H2. The zero-order valence-corrected chi connectivity index (χ0v) is 8.28. The van der Waals surface area contributed by atoms with Gasteiger partial charge in [0.25, 0.3) is 0 Å². The van der Waals surface area contributed by atoms with Gasteiger partial charge in [0.15, 0.2) is 0 Å². The van der Waals surface area contributed by atoms with Gasteiger partial charge in [-0.2, -0.15) is 0 Å². The molecule has 11 heavy (non-hydrogen) atoms. The van der Waals surface area contributed by atoms with Crippen LogP contribution < -0.4 is 0 Å². The van der Waals surface area contributed by atoms with Crippen molar-refractivity contribution in [3.05, 3.63) is 12.7 Å². The number of hydrogen-bond donors (Lipinski definition) is 0. The number of hydrogen-bond acceptors (Lipinski definition) is 2. The molecule has 0 unspecified atom stereocenters. The first-order valence-corrected chi connectivity index (χ1v) is 4.65. The largest absolute Gasteiger partial charge is 0.445 e. The average molecular weight is 267 g/mol. The summed E-state index contributed by atoms with van der Waals surface area (Å²) in [7, 11) is 0. The van der Waals surface area contributed by atoms with Crippen molar-refractivity contribution in [2.45, 2.75) is 3.92 Å². The van der Waals surface area contributed by atoms with Crippen LogP contribution in [0.25, 0.3) is 0 Å². The molecule has 0 N–H and O–H groups in total. The van der Waals surface area contributed by atoms with Crippen molar-refractivity contribution in [1.82, 2.24) is 4.90 Å². The molecule has 62 valence electrons. The second-order valence-corrected chi connectivity index (χ2v) is 4.13. The molecule has 0 aromatic carbocycles. The zero-order chi connectivity index (χ0) is 8.27. The number of amides is 1. The van der Waals surface area contributed by atoms with E-state index in [2.05, 4.69) is 29.2 Å². The molecule has 1 heterocycles. The summed E-state index contributed by atoms with van der Waals surface area (Å²) in [6.45, 7) is 5.39. The van der Waals surface area contributed by atoms with Crippen molar-refractivity contribution < 1.29 is 9.53 Å². The third-order valence-corrected chi connectivity index (χ3v) is 2.21. The number of carbonyl (C=O) groups is 1. The van der Waals surface area contributed by atoms with Crippen molar-refractivity contribution in [1.29, 1.82) is 0 Å². The lowest BCUT2D eigenvalue weighted by Gasteiger charge is -2.34. The second kappa shape index (κ2) is 3.94. The molecule has 0 bridgehead atoms. The van der Waals surface area contributed by atoms with Crippen LogP contribution in [0.15, 0.2) is 12.7 Å². The van der Waals surface area contributed by atoms with E-state index in [1.807, 2.05) is 0 Å². The zero-order valence-electron chi connectivity index (χ0n) is 6.12. The number of carbonyl (C=O) groups excluding carboxylic acids is 1. The Balaban J connectivity index is 2.16. The number of halogens is 1. The third-order valence-electron chi connectivity index (χ3n) is 1.42. The molecule has 0 atom stereocenters. The Morgan fingerprint density at radius 3 is 2.91 bits per heavy atom. The number of likely N-dealkylation sites (tertiary alicyclic amines) is 1. The van der Waals surface area contributed by atoms with Crippen LogP contribution in [0.1, 0.15) is 0 Å². The number of alkyl halides is 1. The summed E-state index contributed by atoms with van der Waals surface area (Å²) in [6, 6.07) is 0. The summed E-state index contributed by atoms with van der Waals surface area (Å²) in [5.41, 5.74) is 0. The fraction of sp³-hybridized carbons (Fsp3) is 0.571. The Morgan fingerprint density at radius 2 is 2.45 bits per heavy atom. The number of rotatable bonds is 2. The first-order valence-electron chi connectivity index (χ1n) is 3.40. The van der Waals surface area contributed by atoms with Gasteiger partial charge in [0.2, 0.25) is 0 Å². The van der Waals surface area contributed by atoms with Crippen LogP contribution in [0, 0.1) is 0 Å². The molecule has 1 amide bonds. The van der Waals surface area contributed by atoms with Crippen molar-refractivity contribution in [2.24, 2.45) is 0 Å². The third kappa shape index (κ3) is 2.36. The normalized spacial score (nSPS) is 17.4. The first kappa shape index (κ1) is 8.83. The van der Waals surface area contributed by atoms with Gasteiger partial charge in [0, 0.05) is 17.0 Å². The molecule has 4 heteroatoms. The van der Waals surface area contributed by atoms with E-state index in [0.717, 1.165) is 13.1 Å². The highest BCUT2D eigenvalue weighted by Crippen LogP contribution is 2.16. The number of ether oxygens (including phenoxy) is 1. The van der Waals surface area contributed by atoms with Gasteiger partial charge >= 0.3 is 6.09 Å². The van der Waals surface area contributed by atoms with Gasteiger partial charge in [-0.3, -0.25) is 0 Å². The van der Waals surface area contributed by atoms with E-state index in [4.69, 9.17) is 4.74 Å². The Labute approximate surface area is 79.5 Å². The van der Waals surface area contributed by atoms with Crippen molar-refractivity contribution in [3.63, 3.8) is 0 Å². The summed E-state index contributed by atoms with van der Waals surface area (Å²) in [5.74, 6) is 0. The minimum atomic E-state index is -0.224. The second-order valence-electron chi connectivity index (χ2n) is 2.37. The molecule has 0 aliphatic carbocycles. The molecule has 0 saturated carbocycles. The lowest BCUT2D eigenvalue weighted by molar-refractivity contribution is 0.0939. The van der Waals surface area contributed by atoms with E-state index in [9.17, 15) is 4.79 Å². The maximum absolute atomic E-state index is 11.0. The van der Waals surface area contributed by atoms with Crippen LogP contribution >= 0.6 is 22.6 Å². The lowest BCUT2D eigenvalue weighted by atomic mass is 10.2. The maximum atomic E-state index is 11.0. The van der Waals surface area contributed by atoms with Crippen molar-refractivity contribution in [3.8, 4) is 0 Å². The van der Waals surface area contributed by atoms with Crippen LogP contribution in [0.3, 0.4) is 0 Å². The lowest BCUT2D eigenvalue weighted by Crippen LogP contribution is -2.50. The van der Waals surface area contributed by atoms with E-state index in [1.54, 1.807) is 11.0 Å². The highest BCUT2D eigenvalue weighted by atomic mass is 127. The van der Waals surface area contributed by atoms with Crippen LogP contribution in [0.5, 0.6) is 0 Å². The SMILES string of the molecule is C=CCOC(=O)N1CC(I)C1. The summed E-state index contributed by atoms with van der Waals surface area (Å²) < 4.78 is 5.41. The van der Waals surface area contributed by atoms with Crippen molar-refractivity contribution >= 4 is 28.7 Å². The van der Waals surface area contributed by atoms with E-state index in [1.165, 1.54) is 0 Å². The fourth-order valence-electron chi connectivity index (χ4n) is 0.795. The van der Waals surface area contributed by atoms with Gasteiger partial charge in [0.05, 0.1) is 0 Å². The van der Waals surface area contributed by atoms with Gasteiger partial charge in [-0.1, -0.05) is 35.2 Å². The van der Waals surface area contributed by atoms with Crippen LogP contribution in [-0.4, -0.2) is 34.6 Å². The number of nitrogens with zero attached hydrogens (tertiary/aromatic N) is 1. The molecular weight excluding hydrogens is 257 g/mol. The average Bonchev–Trinajstić information content (AvgIpc) is 1.94. The van der Waals surface area contributed by atoms with E-state index < -0.39 is 0 Å². The monoisotopic (exact) mass is 267 g/mol. The summed E-state index contributed by atoms with van der Waals surface area (Å²) in [4.78, 5) is 12.7. The summed E-state index contributed by atoms with van der Waals surface area (Å²) in [5, 5.41) is 0. The van der Waals surface area contributed by atoms with Gasteiger partial charge < -0.3 is 9.64 Å². The van der Waals surface area contributed by atoms with Gasteiger partial charge in [-0.15, -0.1) is 0 Å². The Bertz CT molecular complexity index is 166. The first-order chi connectivity index (χ1) is 5.24. The summed E-state index contributed by atoms with van der Waals surface area (Å²) >= 11 is 2.31. The molecular formula is C7H10INO2. The molecule has 3 nitrogen and oxygen atoms in total. The van der Waals surface area contributed by atoms with Gasteiger partial charge in [0.1, 0.15) is 6.61 Å². The maximum Gasteiger partial charge on any atom is 0.410 e. The van der Waals surface area contributed by atoms with Crippen LogP contribution in [0.2, 0.25) is 0 Å². The molecule has 1 aliphatic heterocycles. The predicted molar refractivity (Wildman–Crippen MR) is 50.9 cm³/mol. The highest BCUT2D eigenvalue weighted by Gasteiger charge is 2.29. The topological polar surface area (TPSA) is 29.5 Å². The van der Waals surface area contributed by atoms with Gasteiger partial charge in [-0.05, 0) is 0 Å². The molecule has 1 fully saturated rings. The Kier molecular flexibility index (Phi) is 3.16.